The molecular formula is H24O6Si9. The first-order valence-electron chi connectivity index (χ1n) is 4.18. The van der Waals surface area contributed by atoms with Crippen molar-refractivity contribution in [2.75, 3.05) is 0 Å². The molecule has 0 aliphatic carbocycles. The number of hydrogen-bond acceptors (Lipinski definition) is 6. The van der Waals surface area contributed by atoms with Gasteiger partial charge < -0.3 is 24.7 Å². The Bertz CT molecular complexity index is 65.6. The van der Waals surface area contributed by atoms with Crippen molar-refractivity contribution in [2.24, 2.45) is 0 Å². The Morgan fingerprint density at radius 1 is 0.533 bits per heavy atom. The van der Waals surface area contributed by atoms with Crippen LogP contribution in [0, 0.1) is 0 Å². The molecule has 15 heavy (non-hydrogen) atoms. The number of rotatable bonds is 6. The Morgan fingerprint density at radius 2 is 0.800 bits per heavy atom. The number of hydrogen-bond donors (Lipinski definition) is 0. The summed E-state index contributed by atoms with van der Waals surface area (Å²) in [6.45, 7) is 0. The molecule has 0 spiro atoms. The molecule has 0 radical (unpaired) electrons. The fourth-order valence-electron chi connectivity index (χ4n) is 0.319. The molecule has 0 amide bonds. The molecule has 0 aromatic rings. The van der Waals surface area contributed by atoms with Crippen LogP contribution in [0.3, 0.4) is 0 Å². The van der Waals surface area contributed by atoms with E-state index in [1.165, 1.54) is 0 Å². The van der Waals surface area contributed by atoms with Gasteiger partial charge in [0.1, 0.15) is 62.9 Å². The van der Waals surface area contributed by atoms with Gasteiger partial charge in [0.25, 0.3) is 30.0 Å². The molecule has 0 atom stereocenters. The molecule has 0 bridgehead atoms. The predicted molar refractivity (Wildman–Crippen MR) is 91.8 cm³/mol. The van der Waals surface area contributed by atoms with Crippen LogP contribution < -0.4 is 0 Å². The maximum Gasteiger partial charge on any atom is 0.284 e. The molecule has 0 N–H and O–H groups in total. The zero-order valence-electron chi connectivity index (χ0n) is 10.6. The fourth-order valence-corrected chi connectivity index (χ4v) is 7.99. The van der Waals surface area contributed by atoms with Gasteiger partial charge in [-0.15, -0.1) is 0 Å². The van der Waals surface area contributed by atoms with Crippen LogP contribution in [0.1, 0.15) is 0 Å². The molecule has 0 unspecified atom stereocenters. The summed E-state index contributed by atoms with van der Waals surface area (Å²) in [5, 5.41) is 0. The Kier molecular flexibility index (Phi) is 43.4. The van der Waals surface area contributed by atoms with Gasteiger partial charge in [-0.3, -0.25) is 0 Å². The predicted octanol–water partition coefficient (Wildman–Crippen LogP) is -10.3. The molecule has 0 saturated heterocycles. The zero-order valence-corrected chi connectivity index (χ0v) is 26.8. The highest BCUT2D eigenvalue weighted by atomic mass is 28.4. The van der Waals surface area contributed by atoms with E-state index in [0.717, 1.165) is 62.9 Å². The topological polar surface area (TPSA) is 55.4 Å². The van der Waals surface area contributed by atoms with Crippen molar-refractivity contribution in [2.45, 2.75) is 0 Å². The Hall–Kier alpha value is 1.71. The van der Waals surface area contributed by atoms with Crippen LogP contribution in [0.25, 0.3) is 0 Å². The first kappa shape index (κ1) is 21.9. The minimum Gasteiger partial charge on any atom is -0.471 e. The lowest BCUT2D eigenvalue weighted by Gasteiger charge is -1.97. The first-order chi connectivity index (χ1) is 7.24. The molecule has 0 aromatic heterocycles. The summed E-state index contributed by atoms with van der Waals surface area (Å²) in [4.78, 5) is 0. The monoisotopic (exact) mass is 372 g/mol. The third kappa shape index (κ3) is 49.7. The van der Waals surface area contributed by atoms with Crippen LogP contribution in [-0.2, 0) is 24.7 Å². The van der Waals surface area contributed by atoms with Crippen LogP contribution in [0.5, 0.6) is 0 Å². The lowest BCUT2D eigenvalue weighted by atomic mass is 15.7. The molecule has 15 heteroatoms. The minimum atomic E-state index is -0.569. The molecule has 0 fully saturated rings. The maximum atomic E-state index is 5.03. The van der Waals surface area contributed by atoms with Crippen molar-refractivity contribution >= 4 is 92.9 Å². The van der Waals surface area contributed by atoms with E-state index in [9.17, 15) is 0 Å². The summed E-state index contributed by atoms with van der Waals surface area (Å²) in [7, 11) is 3.64. The third-order valence-electron chi connectivity index (χ3n) is 0.638. The van der Waals surface area contributed by atoms with Crippen molar-refractivity contribution in [3.63, 3.8) is 0 Å². The zero-order chi connectivity index (χ0) is 12.4. The van der Waals surface area contributed by atoms with Crippen molar-refractivity contribution in [1.82, 2.24) is 0 Å². The summed E-state index contributed by atoms with van der Waals surface area (Å²) in [6, 6.07) is 0. The fraction of sp³-hybridized carbons (Fsp3) is 0. The van der Waals surface area contributed by atoms with Gasteiger partial charge in [0.15, 0.2) is 0 Å². The minimum absolute atomic E-state index is 0.444. The lowest BCUT2D eigenvalue weighted by Crippen LogP contribution is -2.08. The summed E-state index contributed by atoms with van der Waals surface area (Å²) in [5.41, 5.74) is 0. The van der Waals surface area contributed by atoms with E-state index in [0.29, 0.717) is 0 Å². The average Bonchev–Trinajstić information content (AvgIpc) is 2.22. The van der Waals surface area contributed by atoms with Crippen LogP contribution >= 0.6 is 0 Å². The smallest absolute Gasteiger partial charge is 0.284 e. The standard InChI is InChI=1S/H10O3Si4.H8O2Si3.H6OSi2/c4-1-6-3-7-2-5;3-1-5-2-4;2-1-3/h6-7H2,4-5H3;5H2,3-4H3;2-3H3. The van der Waals surface area contributed by atoms with Gasteiger partial charge in [0, 0.05) is 0 Å². The average molecular weight is 373 g/mol. The van der Waals surface area contributed by atoms with Crippen molar-refractivity contribution < 1.29 is 24.7 Å². The van der Waals surface area contributed by atoms with Crippen LogP contribution in [0.15, 0.2) is 0 Å². The highest BCUT2D eigenvalue weighted by Gasteiger charge is 1.80. The molecular weight excluding hydrogens is 349 g/mol. The van der Waals surface area contributed by atoms with E-state index in [1.54, 1.807) is 0 Å². The van der Waals surface area contributed by atoms with E-state index in [-0.39, 0.29) is 0 Å². The summed E-state index contributed by atoms with van der Waals surface area (Å²) in [6.07, 6.45) is 0. The highest BCUT2D eigenvalue weighted by Crippen LogP contribution is 1.63. The van der Waals surface area contributed by atoms with E-state index >= 15 is 0 Å². The van der Waals surface area contributed by atoms with Crippen molar-refractivity contribution in [3.05, 3.63) is 0 Å². The molecule has 0 heterocycles. The van der Waals surface area contributed by atoms with E-state index < -0.39 is 30.0 Å². The Labute approximate surface area is 117 Å². The molecule has 0 aliphatic heterocycles. The lowest BCUT2D eigenvalue weighted by molar-refractivity contribution is 0.443. The van der Waals surface area contributed by atoms with Gasteiger partial charge >= 0.3 is 0 Å². The molecule has 96 valence electrons. The SMILES string of the molecule is [SiH3]O[SiH2]O[SiH2]O[SiH3].[SiH3]O[SiH2]O[SiH3].[SiH3]O[SiH3]. The highest BCUT2D eigenvalue weighted by molar-refractivity contribution is 6.40. The first-order valence-corrected chi connectivity index (χ1v) is 12.5. The van der Waals surface area contributed by atoms with Crippen LogP contribution in [-0.4, -0.2) is 92.9 Å². The quantitative estimate of drug-likeness (QED) is 0.341. The maximum absolute atomic E-state index is 5.03. The van der Waals surface area contributed by atoms with Crippen molar-refractivity contribution in [1.29, 1.82) is 0 Å². The normalized spacial score (nSPS) is 12.0. The van der Waals surface area contributed by atoms with E-state index in [2.05, 4.69) is 4.12 Å². The Balaban J connectivity index is -0.000000158. The molecule has 6 nitrogen and oxygen atoms in total. The van der Waals surface area contributed by atoms with E-state index in [4.69, 9.17) is 20.6 Å². The van der Waals surface area contributed by atoms with Gasteiger partial charge in [-0.25, -0.2) is 0 Å². The molecule has 0 rings (SSSR count). The second-order valence-corrected chi connectivity index (χ2v) is 17.0. The van der Waals surface area contributed by atoms with Gasteiger partial charge in [-0.05, 0) is 0 Å². The largest absolute Gasteiger partial charge is 0.471 e. The van der Waals surface area contributed by atoms with Gasteiger partial charge in [0.2, 0.25) is 0 Å². The Morgan fingerprint density at radius 3 is 0.933 bits per heavy atom. The summed E-state index contributed by atoms with van der Waals surface area (Å²) >= 11 is 0. The van der Waals surface area contributed by atoms with Gasteiger partial charge in [-0.1, -0.05) is 0 Å². The molecule has 0 aromatic carbocycles. The van der Waals surface area contributed by atoms with Gasteiger partial charge in [0.05, 0.1) is 0 Å². The summed E-state index contributed by atoms with van der Waals surface area (Å²) in [5.74, 6) is 0. The molecule has 0 saturated carbocycles. The summed E-state index contributed by atoms with van der Waals surface area (Å²) < 4.78 is 28.9. The van der Waals surface area contributed by atoms with Crippen LogP contribution in [0.2, 0.25) is 0 Å². The molecule has 0 aliphatic rings. The third-order valence-corrected chi connectivity index (χ3v) is 5.74. The van der Waals surface area contributed by atoms with Gasteiger partial charge in [-0.2, -0.15) is 0 Å². The second kappa shape index (κ2) is 29.6. The van der Waals surface area contributed by atoms with E-state index in [1.807, 2.05) is 0 Å². The second-order valence-electron chi connectivity index (χ2n) is 2.12. The van der Waals surface area contributed by atoms with Crippen molar-refractivity contribution in [3.8, 4) is 0 Å². The van der Waals surface area contributed by atoms with Crippen LogP contribution in [0.4, 0.5) is 0 Å².